The number of ketones is 1. The molecule has 0 atom stereocenters. The summed E-state index contributed by atoms with van der Waals surface area (Å²) in [6.45, 7) is 8.29. The third-order valence-electron chi connectivity index (χ3n) is 3.58. The van der Waals surface area contributed by atoms with E-state index in [0.29, 0.717) is 5.41 Å². The Labute approximate surface area is 117 Å². The van der Waals surface area contributed by atoms with Crippen LogP contribution in [-0.4, -0.2) is 18.9 Å². The number of piperidine rings is 1. The summed E-state index contributed by atoms with van der Waals surface area (Å²) in [5, 5.41) is 0. The smallest absolute Gasteiger partial charge is 0.161 e. The average molecular weight is 310 g/mol. The molecule has 0 radical (unpaired) electrons. The molecule has 1 aliphatic rings. The van der Waals surface area contributed by atoms with E-state index in [0.717, 1.165) is 28.8 Å². The highest BCUT2D eigenvalue weighted by molar-refractivity contribution is 9.10. The van der Waals surface area contributed by atoms with Gasteiger partial charge in [0.25, 0.3) is 0 Å². The minimum atomic E-state index is 0.140. The Hall–Kier alpha value is -0.830. The van der Waals surface area contributed by atoms with E-state index in [2.05, 4.69) is 40.7 Å². The van der Waals surface area contributed by atoms with Crippen LogP contribution in [0.1, 0.15) is 44.0 Å². The predicted octanol–water partition coefficient (Wildman–Crippen LogP) is 4.28. The first-order valence-corrected chi connectivity index (χ1v) is 7.24. The van der Waals surface area contributed by atoms with E-state index in [4.69, 9.17) is 0 Å². The minimum Gasteiger partial charge on any atom is -0.370 e. The topological polar surface area (TPSA) is 20.3 Å². The van der Waals surface area contributed by atoms with Gasteiger partial charge in [0, 0.05) is 28.8 Å². The number of carbonyl (C=O) groups excluding carboxylic acids is 1. The lowest BCUT2D eigenvalue weighted by Gasteiger charge is -2.40. The van der Waals surface area contributed by atoms with Crippen molar-refractivity contribution in [3.63, 3.8) is 0 Å². The molecule has 1 aromatic carbocycles. The second-order valence-electron chi connectivity index (χ2n) is 5.91. The Morgan fingerprint density at radius 2 is 2.11 bits per heavy atom. The van der Waals surface area contributed by atoms with Crippen molar-refractivity contribution < 1.29 is 4.79 Å². The van der Waals surface area contributed by atoms with Gasteiger partial charge in [-0.15, -0.1) is 0 Å². The lowest BCUT2D eigenvalue weighted by molar-refractivity contribution is 0.101. The fraction of sp³-hybridized carbons (Fsp3) is 0.533. The second kappa shape index (κ2) is 5.04. The van der Waals surface area contributed by atoms with Gasteiger partial charge in [0.2, 0.25) is 0 Å². The molecule has 18 heavy (non-hydrogen) atoms. The van der Waals surface area contributed by atoms with Crippen molar-refractivity contribution in [2.45, 2.75) is 33.6 Å². The quantitative estimate of drug-likeness (QED) is 0.760. The molecule has 0 aliphatic carbocycles. The lowest BCUT2D eigenvalue weighted by Crippen LogP contribution is -2.40. The summed E-state index contributed by atoms with van der Waals surface area (Å²) in [6.07, 6.45) is 2.45. The highest BCUT2D eigenvalue weighted by atomic mass is 79.9. The zero-order valence-electron chi connectivity index (χ0n) is 11.3. The average Bonchev–Trinajstić information content (AvgIpc) is 2.27. The van der Waals surface area contributed by atoms with Gasteiger partial charge in [-0.05, 0) is 43.4 Å². The maximum atomic E-state index is 11.7. The van der Waals surface area contributed by atoms with E-state index >= 15 is 0 Å². The number of anilines is 1. The Balaban J connectivity index is 2.37. The van der Waals surface area contributed by atoms with Gasteiger partial charge >= 0.3 is 0 Å². The molecule has 2 rings (SSSR count). The molecular formula is C15H20BrNO. The first kappa shape index (κ1) is 13.6. The number of benzene rings is 1. The predicted molar refractivity (Wildman–Crippen MR) is 79.4 cm³/mol. The van der Waals surface area contributed by atoms with Crippen LogP contribution in [0, 0.1) is 5.41 Å². The van der Waals surface area contributed by atoms with E-state index < -0.39 is 0 Å². The minimum absolute atomic E-state index is 0.140. The van der Waals surface area contributed by atoms with Crippen LogP contribution in [0.3, 0.4) is 0 Å². The maximum absolute atomic E-state index is 11.7. The summed E-state index contributed by atoms with van der Waals surface area (Å²) < 4.78 is 1.03. The van der Waals surface area contributed by atoms with Gasteiger partial charge in [-0.1, -0.05) is 29.8 Å². The molecule has 3 heteroatoms. The van der Waals surface area contributed by atoms with Gasteiger partial charge < -0.3 is 4.90 Å². The number of hydrogen-bond acceptors (Lipinski definition) is 2. The third kappa shape index (κ3) is 2.94. The first-order chi connectivity index (χ1) is 8.39. The zero-order valence-corrected chi connectivity index (χ0v) is 12.9. The molecule has 1 heterocycles. The van der Waals surface area contributed by atoms with E-state index in [1.807, 2.05) is 12.1 Å². The fourth-order valence-electron chi connectivity index (χ4n) is 2.69. The summed E-state index contributed by atoms with van der Waals surface area (Å²) in [6, 6.07) is 5.93. The van der Waals surface area contributed by atoms with Crippen molar-refractivity contribution in [3.8, 4) is 0 Å². The van der Waals surface area contributed by atoms with Crippen molar-refractivity contribution in [1.29, 1.82) is 0 Å². The molecule has 2 nitrogen and oxygen atoms in total. The van der Waals surface area contributed by atoms with Crippen molar-refractivity contribution in [2.75, 3.05) is 18.0 Å². The first-order valence-electron chi connectivity index (χ1n) is 6.44. The maximum Gasteiger partial charge on any atom is 0.161 e. The zero-order chi connectivity index (χ0) is 13.3. The van der Waals surface area contributed by atoms with Crippen LogP contribution in [0.5, 0.6) is 0 Å². The Bertz CT molecular complexity index is 468. The van der Waals surface area contributed by atoms with E-state index in [1.165, 1.54) is 12.8 Å². The summed E-state index contributed by atoms with van der Waals surface area (Å²) in [5.74, 6) is 0.140. The normalized spacial score (nSPS) is 18.8. The van der Waals surface area contributed by atoms with Crippen LogP contribution < -0.4 is 4.90 Å². The Kier molecular flexibility index (Phi) is 3.81. The molecule has 0 amide bonds. The molecule has 1 aliphatic heterocycles. The molecule has 1 saturated heterocycles. The number of rotatable bonds is 2. The molecule has 0 saturated carbocycles. The summed E-state index contributed by atoms with van der Waals surface area (Å²) in [4.78, 5) is 14.1. The van der Waals surface area contributed by atoms with Gasteiger partial charge in [-0.3, -0.25) is 4.79 Å². The van der Waals surface area contributed by atoms with Crippen molar-refractivity contribution >= 4 is 27.4 Å². The Morgan fingerprint density at radius 3 is 2.72 bits per heavy atom. The number of hydrogen-bond donors (Lipinski definition) is 0. The van der Waals surface area contributed by atoms with Crippen LogP contribution in [0.15, 0.2) is 22.7 Å². The van der Waals surface area contributed by atoms with Gasteiger partial charge in [-0.25, -0.2) is 0 Å². The van der Waals surface area contributed by atoms with E-state index in [1.54, 1.807) is 6.92 Å². The van der Waals surface area contributed by atoms with E-state index in [9.17, 15) is 4.79 Å². The van der Waals surface area contributed by atoms with Crippen molar-refractivity contribution in [2.24, 2.45) is 5.41 Å². The monoisotopic (exact) mass is 309 g/mol. The van der Waals surface area contributed by atoms with Crippen molar-refractivity contribution in [1.82, 2.24) is 0 Å². The number of halogens is 1. The molecule has 98 valence electrons. The summed E-state index contributed by atoms with van der Waals surface area (Å²) in [5.41, 5.74) is 2.23. The van der Waals surface area contributed by atoms with Crippen LogP contribution in [0.2, 0.25) is 0 Å². The second-order valence-corrected chi connectivity index (χ2v) is 6.82. The SMILES string of the molecule is CC(=O)c1ccc(Br)cc1N1CCCC(C)(C)C1. The molecule has 1 aromatic rings. The summed E-state index contributed by atoms with van der Waals surface area (Å²) in [7, 11) is 0. The Morgan fingerprint density at radius 1 is 1.39 bits per heavy atom. The molecule has 0 unspecified atom stereocenters. The number of nitrogens with zero attached hydrogens (tertiary/aromatic N) is 1. The standard InChI is InChI=1S/C15H20BrNO/c1-11(18)13-6-5-12(16)9-14(13)17-8-4-7-15(2,3)10-17/h5-6,9H,4,7-8,10H2,1-3H3. The number of Topliss-reactive ketones (excluding diaryl/α,β-unsaturated/α-hetero) is 1. The highest BCUT2D eigenvalue weighted by Crippen LogP contribution is 2.34. The van der Waals surface area contributed by atoms with Crippen LogP contribution >= 0.6 is 15.9 Å². The van der Waals surface area contributed by atoms with Crippen LogP contribution in [0.25, 0.3) is 0 Å². The largest absolute Gasteiger partial charge is 0.370 e. The molecule has 0 bridgehead atoms. The fourth-order valence-corrected chi connectivity index (χ4v) is 3.04. The van der Waals surface area contributed by atoms with Gasteiger partial charge in [-0.2, -0.15) is 0 Å². The van der Waals surface area contributed by atoms with Gasteiger partial charge in [0.05, 0.1) is 0 Å². The summed E-state index contributed by atoms with van der Waals surface area (Å²) >= 11 is 3.50. The molecule has 1 fully saturated rings. The molecule has 0 spiro atoms. The lowest BCUT2D eigenvalue weighted by atomic mass is 9.83. The van der Waals surface area contributed by atoms with Gasteiger partial charge in [0.15, 0.2) is 5.78 Å². The van der Waals surface area contributed by atoms with Gasteiger partial charge in [0.1, 0.15) is 0 Å². The molecule has 0 N–H and O–H groups in total. The molecular weight excluding hydrogens is 290 g/mol. The van der Waals surface area contributed by atoms with Crippen LogP contribution in [-0.2, 0) is 0 Å². The molecule has 0 aromatic heterocycles. The van der Waals surface area contributed by atoms with Crippen LogP contribution in [0.4, 0.5) is 5.69 Å². The highest BCUT2D eigenvalue weighted by Gasteiger charge is 2.28. The van der Waals surface area contributed by atoms with E-state index in [-0.39, 0.29) is 5.78 Å². The number of carbonyl (C=O) groups is 1. The van der Waals surface area contributed by atoms with Crippen molar-refractivity contribution in [3.05, 3.63) is 28.2 Å². The third-order valence-corrected chi connectivity index (χ3v) is 4.07.